The lowest BCUT2D eigenvalue weighted by atomic mass is 10.1. The molecule has 1 aromatic carbocycles. The zero-order valence-corrected chi connectivity index (χ0v) is 16.5. The number of hydrogen-bond donors (Lipinski definition) is 2. The molecule has 3 heterocycles. The molecule has 0 atom stereocenters. The van der Waals surface area contributed by atoms with Crippen LogP contribution in [0, 0.1) is 13.8 Å². The van der Waals surface area contributed by atoms with Gasteiger partial charge in [0.15, 0.2) is 5.76 Å². The van der Waals surface area contributed by atoms with Crippen LogP contribution >= 0.6 is 0 Å². The molecule has 1 amide bonds. The Hall–Kier alpha value is -2.86. The monoisotopic (exact) mass is 379 g/mol. The van der Waals surface area contributed by atoms with Gasteiger partial charge in [0.05, 0.1) is 38.1 Å². The number of amides is 1. The molecule has 28 heavy (non-hydrogen) atoms. The SMILES string of the molecule is Cc1ccc(-n2nc(-c3ccco3)cc2C(=O)NCC[NH+]2CCCC2)c(C)c1. The molecule has 0 aliphatic carbocycles. The molecule has 0 unspecified atom stereocenters. The van der Waals surface area contributed by atoms with Gasteiger partial charge >= 0.3 is 0 Å². The largest absolute Gasteiger partial charge is 0.463 e. The number of likely N-dealkylation sites (tertiary alicyclic amines) is 1. The normalized spacial score (nSPS) is 14.5. The summed E-state index contributed by atoms with van der Waals surface area (Å²) in [5, 5.41) is 7.75. The van der Waals surface area contributed by atoms with Crippen molar-refractivity contribution in [3.63, 3.8) is 0 Å². The summed E-state index contributed by atoms with van der Waals surface area (Å²) in [6.07, 6.45) is 4.19. The molecule has 2 aromatic heterocycles. The number of hydrogen-bond acceptors (Lipinski definition) is 3. The van der Waals surface area contributed by atoms with Crippen molar-refractivity contribution in [1.82, 2.24) is 15.1 Å². The lowest BCUT2D eigenvalue weighted by molar-refractivity contribution is -0.886. The molecule has 0 bridgehead atoms. The van der Waals surface area contributed by atoms with E-state index in [0.717, 1.165) is 17.8 Å². The van der Waals surface area contributed by atoms with Gasteiger partial charge in [-0.25, -0.2) is 4.68 Å². The van der Waals surface area contributed by atoms with Gasteiger partial charge in [0, 0.05) is 18.9 Å². The zero-order chi connectivity index (χ0) is 19.5. The lowest BCUT2D eigenvalue weighted by Gasteiger charge is -2.13. The fourth-order valence-corrected chi connectivity index (χ4v) is 3.88. The standard InChI is InChI=1S/C22H26N4O2/c1-16-7-8-19(17(2)14-16)26-20(15-18(24-26)21-6-5-13-28-21)22(27)23-9-12-25-10-3-4-11-25/h5-8,13-15H,3-4,9-12H2,1-2H3,(H,23,27)/p+1. The number of quaternary nitrogens is 1. The van der Waals surface area contributed by atoms with E-state index in [0.29, 0.717) is 23.7 Å². The van der Waals surface area contributed by atoms with Crippen molar-refractivity contribution < 1.29 is 14.1 Å². The summed E-state index contributed by atoms with van der Waals surface area (Å²) in [5.41, 5.74) is 4.33. The number of furan rings is 1. The van der Waals surface area contributed by atoms with Crippen LogP contribution in [-0.2, 0) is 0 Å². The Bertz CT molecular complexity index is 953. The number of rotatable bonds is 6. The number of carbonyl (C=O) groups is 1. The van der Waals surface area contributed by atoms with Crippen LogP contribution in [-0.4, -0.2) is 41.9 Å². The Balaban J connectivity index is 1.61. The summed E-state index contributed by atoms with van der Waals surface area (Å²) in [5.74, 6) is 0.544. The molecule has 2 N–H and O–H groups in total. The summed E-state index contributed by atoms with van der Waals surface area (Å²) in [4.78, 5) is 14.5. The zero-order valence-electron chi connectivity index (χ0n) is 16.5. The number of aryl methyl sites for hydroxylation is 2. The van der Waals surface area contributed by atoms with E-state index in [9.17, 15) is 4.79 Å². The summed E-state index contributed by atoms with van der Waals surface area (Å²) < 4.78 is 7.22. The molecule has 1 aliphatic heterocycles. The van der Waals surface area contributed by atoms with Crippen LogP contribution in [0.2, 0.25) is 0 Å². The van der Waals surface area contributed by atoms with Gasteiger partial charge in [0.2, 0.25) is 0 Å². The second-order valence-corrected chi connectivity index (χ2v) is 7.56. The second kappa shape index (κ2) is 8.02. The summed E-state index contributed by atoms with van der Waals surface area (Å²) >= 11 is 0. The fraction of sp³-hybridized carbons (Fsp3) is 0.364. The van der Waals surface area contributed by atoms with Gasteiger partial charge in [-0.05, 0) is 37.6 Å². The smallest absolute Gasteiger partial charge is 0.270 e. The van der Waals surface area contributed by atoms with Crippen LogP contribution in [0.15, 0.2) is 47.1 Å². The van der Waals surface area contributed by atoms with Gasteiger partial charge in [0.25, 0.3) is 5.91 Å². The highest BCUT2D eigenvalue weighted by atomic mass is 16.3. The van der Waals surface area contributed by atoms with Gasteiger partial charge in [0.1, 0.15) is 11.4 Å². The Morgan fingerprint density at radius 2 is 2.04 bits per heavy atom. The first-order chi connectivity index (χ1) is 13.6. The molecule has 3 aromatic rings. The third kappa shape index (κ3) is 3.87. The highest BCUT2D eigenvalue weighted by Crippen LogP contribution is 2.24. The molecule has 0 saturated carbocycles. The average molecular weight is 379 g/mol. The van der Waals surface area contributed by atoms with Gasteiger partial charge in [-0.1, -0.05) is 17.7 Å². The van der Waals surface area contributed by atoms with Crippen LogP contribution in [0.3, 0.4) is 0 Å². The number of aromatic nitrogens is 2. The summed E-state index contributed by atoms with van der Waals surface area (Å²) in [6, 6.07) is 11.6. The van der Waals surface area contributed by atoms with Gasteiger partial charge < -0.3 is 14.6 Å². The first-order valence-corrected chi connectivity index (χ1v) is 9.95. The lowest BCUT2D eigenvalue weighted by Crippen LogP contribution is -3.10. The summed E-state index contributed by atoms with van der Waals surface area (Å²) in [7, 11) is 0. The van der Waals surface area contributed by atoms with Gasteiger partial charge in [-0.2, -0.15) is 5.10 Å². The minimum Gasteiger partial charge on any atom is -0.463 e. The van der Waals surface area contributed by atoms with E-state index in [1.165, 1.54) is 31.5 Å². The molecule has 1 saturated heterocycles. The molecule has 146 valence electrons. The van der Waals surface area contributed by atoms with Crippen LogP contribution in [0.1, 0.15) is 34.5 Å². The van der Waals surface area contributed by atoms with Crippen molar-refractivity contribution in [2.45, 2.75) is 26.7 Å². The molecule has 0 radical (unpaired) electrons. The van der Waals surface area contributed by atoms with Crippen molar-refractivity contribution >= 4 is 5.91 Å². The third-order valence-electron chi connectivity index (χ3n) is 5.37. The second-order valence-electron chi connectivity index (χ2n) is 7.56. The van der Waals surface area contributed by atoms with E-state index in [1.807, 2.05) is 31.2 Å². The fourth-order valence-electron chi connectivity index (χ4n) is 3.88. The first kappa shape index (κ1) is 18.5. The maximum Gasteiger partial charge on any atom is 0.270 e. The number of carbonyl (C=O) groups excluding carboxylic acids is 1. The first-order valence-electron chi connectivity index (χ1n) is 9.95. The highest BCUT2D eigenvalue weighted by molar-refractivity contribution is 5.94. The van der Waals surface area contributed by atoms with Crippen LogP contribution in [0.25, 0.3) is 17.1 Å². The molecule has 6 nitrogen and oxygen atoms in total. The van der Waals surface area contributed by atoms with E-state index >= 15 is 0 Å². The number of nitrogens with one attached hydrogen (secondary N) is 2. The molecule has 6 heteroatoms. The Kier molecular flexibility index (Phi) is 5.30. The van der Waals surface area contributed by atoms with E-state index in [-0.39, 0.29) is 5.91 Å². The maximum absolute atomic E-state index is 13.0. The van der Waals surface area contributed by atoms with Crippen molar-refractivity contribution in [3.05, 3.63) is 59.5 Å². The highest BCUT2D eigenvalue weighted by Gasteiger charge is 2.21. The maximum atomic E-state index is 13.0. The minimum atomic E-state index is -0.108. The van der Waals surface area contributed by atoms with E-state index in [4.69, 9.17) is 4.42 Å². The van der Waals surface area contributed by atoms with Crippen LogP contribution in [0.4, 0.5) is 0 Å². The van der Waals surface area contributed by atoms with Gasteiger partial charge in [-0.3, -0.25) is 4.79 Å². The van der Waals surface area contributed by atoms with Crippen molar-refractivity contribution in [2.24, 2.45) is 0 Å². The Morgan fingerprint density at radius 1 is 1.21 bits per heavy atom. The van der Waals surface area contributed by atoms with E-state index in [1.54, 1.807) is 21.9 Å². The minimum absolute atomic E-state index is 0.108. The predicted molar refractivity (Wildman–Crippen MR) is 108 cm³/mol. The van der Waals surface area contributed by atoms with Crippen LogP contribution < -0.4 is 10.2 Å². The average Bonchev–Trinajstić information content (AvgIpc) is 3.42. The van der Waals surface area contributed by atoms with E-state index < -0.39 is 0 Å². The van der Waals surface area contributed by atoms with Crippen molar-refractivity contribution in [1.29, 1.82) is 0 Å². The van der Waals surface area contributed by atoms with E-state index in [2.05, 4.69) is 23.4 Å². The molecular weight excluding hydrogens is 352 g/mol. The van der Waals surface area contributed by atoms with Crippen molar-refractivity contribution in [3.8, 4) is 17.1 Å². The molecule has 1 fully saturated rings. The molecular formula is C22H27N4O2+. The molecule has 1 aliphatic rings. The molecule has 4 rings (SSSR count). The van der Waals surface area contributed by atoms with Crippen molar-refractivity contribution in [2.75, 3.05) is 26.2 Å². The van der Waals surface area contributed by atoms with Gasteiger partial charge in [-0.15, -0.1) is 0 Å². The number of nitrogens with zero attached hydrogens (tertiary/aromatic N) is 2. The quantitative estimate of drug-likeness (QED) is 0.690. The topological polar surface area (TPSA) is 64.5 Å². The molecule has 0 spiro atoms. The predicted octanol–water partition coefficient (Wildman–Crippen LogP) is 2.16. The summed E-state index contributed by atoms with van der Waals surface area (Å²) in [6.45, 7) is 8.15. The Morgan fingerprint density at radius 3 is 2.75 bits per heavy atom. The van der Waals surface area contributed by atoms with Crippen LogP contribution in [0.5, 0.6) is 0 Å². The third-order valence-corrected chi connectivity index (χ3v) is 5.37. The number of benzene rings is 1. The Labute approximate surface area is 165 Å².